The molecule has 8 nitrogen and oxygen atoms in total. The van der Waals surface area contributed by atoms with Crippen LogP contribution in [0.15, 0.2) is 0 Å². The Morgan fingerprint density at radius 1 is 0.848 bits per heavy atom. The van der Waals surface area contributed by atoms with Crippen molar-refractivity contribution in [2.75, 3.05) is 13.7 Å². The number of carbonyl (C=O) groups excluding carboxylic acids is 1. The summed E-state index contributed by atoms with van der Waals surface area (Å²) in [5.41, 5.74) is 0. The third-order valence-corrected chi connectivity index (χ3v) is 6.61. The maximum atomic E-state index is 11.1. The largest absolute Gasteiger partial charge is 0.469 e. The van der Waals surface area contributed by atoms with E-state index in [0.717, 1.165) is 51.4 Å². The second-order valence-electron chi connectivity index (χ2n) is 9.41. The van der Waals surface area contributed by atoms with Crippen molar-refractivity contribution >= 4 is 5.97 Å². The van der Waals surface area contributed by atoms with E-state index in [9.17, 15) is 25.2 Å². The first-order valence-electron chi connectivity index (χ1n) is 13.1. The van der Waals surface area contributed by atoms with E-state index in [4.69, 9.17) is 4.74 Å². The van der Waals surface area contributed by atoms with Gasteiger partial charge in [0.2, 0.25) is 0 Å². The number of unbranched alkanes of at least 4 members (excludes halogenated alkanes) is 10. The van der Waals surface area contributed by atoms with E-state index < -0.39 is 37.3 Å². The molecule has 1 fully saturated rings. The minimum atomic E-state index is -1.35. The summed E-state index contributed by atoms with van der Waals surface area (Å²) in [4.78, 5) is 11.1. The SMILES string of the molecule is CCCCCCC(CCCCCCCCCCC(=O)OC)N[C@@H]1O[C@H](CO)[C@@H](O)[C@H](O)[C@H]1O. The van der Waals surface area contributed by atoms with Gasteiger partial charge in [0.1, 0.15) is 30.6 Å². The van der Waals surface area contributed by atoms with Gasteiger partial charge in [-0.25, -0.2) is 0 Å². The number of aliphatic hydroxyl groups excluding tert-OH is 4. The summed E-state index contributed by atoms with van der Waals surface area (Å²) in [5, 5.41) is 43.2. The molecule has 8 heteroatoms. The number of esters is 1. The average Bonchev–Trinajstić information content (AvgIpc) is 2.82. The van der Waals surface area contributed by atoms with Crippen molar-refractivity contribution in [2.24, 2.45) is 0 Å². The van der Waals surface area contributed by atoms with E-state index in [1.54, 1.807) is 0 Å². The van der Waals surface area contributed by atoms with Gasteiger partial charge in [-0.1, -0.05) is 77.6 Å². The molecule has 1 aliphatic rings. The normalized spacial score (nSPS) is 26.3. The Morgan fingerprint density at radius 2 is 1.39 bits per heavy atom. The Bertz CT molecular complexity index is 491. The highest BCUT2D eigenvalue weighted by Crippen LogP contribution is 2.22. The number of carbonyl (C=O) groups is 1. The van der Waals surface area contributed by atoms with Crippen molar-refractivity contribution in [1.29, 1.82) is 0 Å². The minimum absolute atomic E-state index is 0.128. The van der Waals surface area contributed by atoms with Crippen molar-refractivity contribution in [2.45, 2.75) is 140 Å². The standard InChI is InChI=1S/C25H49NO7/c1-3-4-5-12-15-19(26-25-24(31)23(30)22(29)20(18-27)33-25)16-13-10-8-6-7-9-11-14-17-21(28)32-2/h19-20,22-27,29-31H,3-18H2,1-2H3/t19?,20-,22-,23+,24-,25-/m1/s1. The molecule has 196 valence electrons. The van der Waals surface area contributed by atoms with Gasteiger partial charge in [-0.2, -0.15) is 0 Å². The summed E-state index contributed by atoms with van der Waals surface area (Å²) in [6.07, 6.45) is 10.4. The molecule has 1 heterocycles. The fraction of sp³-hybridized carbons (Fsp3) is 0.960. The summed E-state index contributed by atoms with van der Waals surface area (Å²) in [6.45, 7) is 1.77. The van der Waals surface area contributed by atoms with Crippen molar-refractivity contribution in [3.05, 3.63) is 0 Å². The van der Waals surface area contributed by atoms with E-state index in [2.05, 4.69) is 17.0 Å². The number of methoxy groups -OCH3 is 1. The Morgan fingerprint density at radius 3 is 1.94 bits per heavy atom. The molecule has 0 radical (unpaired) electrons. The van der Waals surface area contributed by atoms with Gasteiger partial charge in [0.05, 0.1) is 13.7 Å². The topological polar surface area (TPSA) is 128 Å². The molecule has 1 aliphatic heterocycles. The number of hydrogen-bond acceptors (Lipinski definition) is 8. The summed E-state index contributed by atoms with van der Waals surface area (Å²) in [6, 6.07) is 0.154. The van der Waals surface area contributed by atoms with Gasteiger partial charge in [-0.3, -0.25) is 10.1 Å². The number of hydrogen-bond donors (Lipinski definition) is 5. The maximum Gasteiger partial charge on any atom is 0.305 e. The first-order valence-corrected chi connectivity index (χ1v) is 13.1. The summed E-state index contributed by atoms with van der Waals surface area (Å²) < 4.78 is 10.3. The molecule has 33 heavy (non-hydrogen) atoms. The van der Waals surface area contributed by atoms with Crippen LogP contribution in [0.25, 0.3) is 0 Å². The summed E-state index contributed by atoms with van der Waals surface area (Å²) in [7, 11) is 1.43. The molecule has 0 spiro atoms. The predicted octanol–water partition coefficient (Wildman–Crippen LogP) is 2.79. The first-order chi connectivity index (χ1) is 15.9. The zero-order valence-electron chi connectivity index (χ0n) is 20.8. The average molecular weight is 476 g/mol. The van der Waals surface area contributed by atoms with Gasteiger partial charge >= 0.3 is 5.97 Å². The highest BCUT2D eigenvalue weighted by molar-refractivity contribution is 5.68. The van der Waals surface area contributed by atoms with Crippen LogP contribution in [-0.4, -0.2) is 76.8 Å². The fourth-order valence-electron chi connectivity index (χ4n) is 4.42. The molecule has 0 aromatic rings. The smallest absolute Gasteiger partial charge is 0.305 e. The second kappa shape index (κ2) is 18.5. The molecule has 1 saturated heterocycles. The fourth-order valence-corrected chi connectivity index (χ4v) is 4.42. The number of nitrogens with one attached hydrogen (secondary N) is 1. The lowest BCUT2D eigenvalue weighted by Gasteiger charge is -2.41. The van der Waals surface area contributed by atoms with Crippen LogP contribution in [-0.2, 0) is 14.3 Å². The van der Waals surface area contributed by atoms with Crippen LogP contribution in [0.3, 0.4) is 0 Å². The summed E-state index contributed by atoms with van der Waals surface area (Å²) in [5.74, 6) is -0.128. The molecule has 6 atom stereocenters. The molecular weight excluding hydrogens is 426 g/mol. The van der Waals surface area contributed by atoms with Gasteiger partial charge in [0.15, 0.2) is 0 Å². The van der Waals surface area contributed by atoms with Crippen LogP contribution in [0.5, 0.6) is 0 Å². The molecule has 0 amide bonds. The molecule has 5 N–H and O–H groups in total. The molecule has 0 saturated carbocycles. The third-order valence-electron chi connectivity index (χ3n) is 6.61. The third kappa shape index (κ3) is 12.5. The molecule has 1 unspecified atom stereocenters. The molecular formula is C25H49NO7. The van der Waals surface area contributed by atoms with E-state index in [1.165, 1.54) is 45.6 Å². The van der Waals surface area contributed by atoms with Gasteiger partial charge < -0.3 is 29.9 Å². The molecule has 0 aromatic carbocycles. The van der Waals surface area contributed by atoms with Crippen LogP contribution in [0, 0.1) is 0 Å². The lowest BCUT2D eigenvalue weighted by atomic mass is 9.96. The molecule has 0 aliphatic carbocycles. The van der Waals surface area contributed by atoms with Gasteiger partial charge in [0.25, 0.3) is 0 Å². The van der Waals surface area contributed by atoms with Crippen LogP contribution < -0.4 is 5.32 Å². The van der Waals surface area contributed by atoms with E-state index >= 15 is 0 Å². The first kappa shape index (κ1) is 30.3. The van der Waals surface area contributed by atoms with Gasteiger partial charge in [-0.05, 0) is 19.3 Å². The monoisotopic (exact) mass is 475 g/mol. The van der Waals surface area contributed by atoms with Crippen molar-refractivity contribution in [1.82, 2.24) is 5.32 Å². The van der Waals surface area contributed by atoms with Crippen LogP contribution >= 0.6 is 0 Å². The second-order valence-corrected chi connectivity index (χ2v) is 9.41. The van der Waals surface area contributed by atoms with E-state index in [1.807, 2.05) is 0 Å². The Labute approximate surface area is 200 Å². The number of rotatable bonds is 19. The summed E-state index contributed by atoms with van der Waals surface area (Å²) >= 11 is 0. The van der Waals surface area contributed by atoms with Gasteiger partial charge in [-0.15, -0.1) is 0 Å². The number of ether oxygens (including phenoxy) is 2. The van der Waals surface area contributed by atoms with Crippen LogP contribution in [0.1, 0.15) is 103 Å². The lowest BCUT2D eigenvalue weighted by Crippen LogP contribution is -2.63. The van der Waals surface area contributed by atoms with E-state index in [-0.39, 0.29) is 12.0 Å². The highest BCUT2D eigenvalue weighted by atomic mass is 16.6. The number of aliphatic hydroxyl groups is 4. The van der Waals surface area contributed by atoms with Crippen LogP contribution in [0.2, 0.25) is 0 Å². The van der Waals surface area contributed by atoms with Gasteiger partial charge in [0, 0.05) is 12.5 Å². The Hall–Kier alpha value is -0.770. The van der Waals surface area contributed by atoms with E-state index in [0.29, 0.717) is 6.42 Å². The molecule has 1 rings (SSSR count). The highest BCUT2D eigenvalue weighted by Gasteiger charge is 2.43. The Kier molecular flexibility index (Phi) is 17.0. The maximum absolute atomic E-state index is 11.1. The predicted molar refractivity (Wildman–Crippen MR) is 128 cm³/mol. The van der Waals surface area contributed by atoms with Crippen LogP contribution in [0.4, 0.5) is 0 Å². The quantitative estimate of drug-likeness (QED) is 0.142. The zero-order valence-corrected chi connectivity index (χ0v) is 20.8. The zero-order chi connectivity index (χ0) is 24.5. The molecule has 0 aromatic heterocycles. The minimum Gasteiger partial charge on any atom is -0.469 e. The van der Waals surface area contributed by atoms with Crippen molar-refractivity contribution in [3.8, 4) is 0 Å². The lowest BCUT2D eigenvalue weighted by molar-refractivity contribution is -0.238. The van der Waals surface area contributed by atoms with Crippen molar-refractivity contribution < 1.29 is 34.7 Å². The Balaban J connectivity index is 2.33. The molecule has 0 bridgehead atoms. The van der Waals surface area contributed by atoms with Crippen molar-refractivity contribution in [3.63, 3.8) is 0 Å².